The molecule has 0 amide bonds. The van der Waals surface area contributed by atoms with E-state index in [0.29, 0.717) is 12.2 Å². The lowest BCUT2D eigenvalue weighted by Gasteiger charge is -2.17. The Morgan fingerprint density at radius 1 is 1.53 bits per heavy atom. The van der Waals surface area contributed by atoms with Gasteiger partial charge in [-0.05, 0) is 39.0 Å². The molecule has 0 radical (unpaired) electrons. The molecule has 1 unspecified atom stereocenters. The smallest absolute Gasteiger partial charge is 0.165 e. The van der Waals surface area contributed by atoms with Crippen molar-refractivity contribution in [3.8, 4) is 5.75 Å². The quantitative estimate of drug-likeness (QED) is 0.787. The Bertz CT molecular complexity index is 484. The minimum atomic E-state index is -0.631. The van der Waals surface area contributed by atoms with E-state index in [-0.39, 0.29) is 24.2 Å². The Kier molecular flexibility index (Phi) is 3.87. The number of hydrogen-bond acceptors (Lipinski definition) is 4. The molecule has 1 heterocycles. The maximum atomic E-state index is 13.6. The molecule has 1 atom stereocenters. The van der Waals surface area contributed by atoms with Crippen molar-refractivity contribution in [2.45, 2.75) is 32.7 Å². The van der Waals surface area contributed by atoms with Crippen molar-refractivity contribution in [1.29, 1.82) is 0 Å². The molecule has 2 rings (SSSR count). The first kappa shape index (κ1) is 14.0. The highest BCUT2D eigenvalue weighted by atomic mass is 19.1. The summed E-state index contributed by atoms with van der Waals surface area (Å²) in [5.41, 5.74) is 0.417. The fourth-order valence-corrected chi connectivity index (χ4v) is 1.86. The van der Waals surface area contributed by atoms with E-state index in [0.717, 1.165) is 0 Å². The third-order valence-corrected chi connectivity index (χ3v) is 2.83. The van der Waals surface area contributed by atoms with Crippen LogP contribution in [0.5, 0.6) is 5.75 Å². The summed E-state index contributed by atoms with van der Waals surface area (Å²) in [5, 5.41) is 0. The number of ether oxygens (including phenoxy) is 3. The zero-order valence-corrected chi connectivity index (χ0v) is 11.2. The van der Waals surface area contributed by atoms with Gasteiger partial charge in [-0.15, -0.1) is 0 Å². The molecule has 0 bridgehead atoms. The first-order chi connectivity index (χ1) is 8.87. The summed E-state index contributed by atoms with van der Waals surface area (Å²) in [5.74, 6) is -1.20. The lowest BCUT2D eigenvalue weighted by molar-refractivity contribution is -0.141. The predicted octanol–water partition coefficient (Wildman–Crippen LogP) is 2.56. The lowest BCUT2D eigenvalue weighted by Crippen LogP contribution is -2.25. The normalized spacial score (nSPS) is 21.4. The third-order valence-electron chi connectivity index (χ3n) is 2.83. The summed E-state index contributed by atoms with van der Waals surface area (Å²) >= 11 is 0. The van der Waals surface area contributed by atoms with Crippen LogP contribution in [0.3, 0.4) is 0 Å². The van der Waals surface area contributed by atoms with Crippen molar-refractivity contribution >= 4 is 5.78 Å². The molecule has 0 aromatic heterocycles. The Hall–Kier alpha value is -1.46. The van der Waals surface area contributed by atoms with Gasteiger partial charge in [0.2, 0.25) is 0 Å². The largest absolute Gasteiger partial charge is 0.488 e. The molecular formula is C14H17FO4. The van der Waals surface area contributed by atoms with Crippen LogP contribution in [0.4, 0.5) is 4.39 Å². The first-order valence-electron chi connectivity index (χ1n) is 6.12. The number of ketones is 1. The van der Waals surface area contributed by atoms with Gasteiger partial charge >= 0.3 is 0 Å². The highest BCUT2D eigenvalue weighted by molar-refractivity contribution is 5.94. The molecule has 1 aliphatic rings. The zero-order chi connectivity index (χ0) is 14.0. The number of benzene rings is 1. The van der Waals surface area contributed by atoms with E-state index < -0.39 is 11.6 Å². The van der Waals surface area contributed by atoms with Crippen molar-refractivity contribution in [1.82, 2.24) is 0 Å². The third kappa shape index (κ3) is 3.52. The number of hydrogen-bond donors (Lipinski definition) is 0. The van der Waals surface area contributed by atoms with Gasteiger partial charge in [0.1, 0.15) is 12.7 Å². The number of halogens is 1. The van der Waals surface area contributed by atoms with Gasteiger partial charge in [0.25, 0.3) is 0 Å². The number of Topliss-reactive ketones (excluding diaryl/α,β-unsaturated/α-hetero) is 1. The van der Waals surface area contributed by atoms with Crippen LogP contribution in [-0.4, -0.2) is 30.9 Å². The molecule has 1 aromatic rings. The lowest BCUT2D eigenvalue weighted by atomic mass is 10.1. The van der Waals surface area contributed by atoms with Crippen molar-refractivity contribution in [3.05, 3.63) is 29.6 Å². The SMILES string of the molecule is CC(=O)c1ccc(F)c(OCC2COC(C)(C)O2)c1. The standard InChI is InChI=1S/C14H17FO4/c1-9(16)10-4-5-12(15)13(6-10)17-7-11-8-18-14(2,3)19-11/h4-6,11H,7-8H2,1-3H3. The van der Waals surface area contributed by atoms with E-state index in [1.807, 2.05) is 13.8 Å². The van der Waals surface area contributed by atoms with Crippen LogP contribution in [0.1, 0.15) is 31.1 Å². The van der Waals surface area contributed by atoms with Gasteiger partial charge in [-0.3, -0.25) is 4.79 Å². The summed E-state index contributed by atoms with van der Waals surface area (Å²) in [6, 6.07) is 4.06. The molecule has 5 heteroatoms. The van der Waals surface area contributed by atoms with Crippen molar-refractivity contribution in [3.63, 3.8) is 0 Å². The highest BCUT2D eigenvalue weighted by Crippen LogP contribution is 2.24. The minimum absolute atomic E-state index is 0.0565. The molecule has 104 valence electrons. The molecule has 0 N–H and O–H groups in total. The van der Waals surface area contributed by atoms with Crippen molar-refractivity contribution in [2.75, 3.05) is 13.2 Å². The van der Waals surface area contributed by atoms with Crippen LogP contribution < -0.4 is 4.74 Å². The molecular weight excluding hydrogens is 251 g/mol. The van der Waals surface area contributed by atoms with Gasteiger partial charge in [0.05, 0.1) is 6.61 Å². The fraction of sp³-hybridized carbons (Fsp3) is 0.500. The van der Waals surface area contributed by atoms with Gasteiger partial charge in [-0.25, -0.2) is 4.39 Å². The van der Waals surface area contributed by atoms with Crippen LogP contribution in [0.25, 0.3) is 0 Å². The van der Waals surface area contributed by atoms with E-state index in [9.17, 15) is 9.18 Å². The van der Waals surface area contributed by atoms with Gasteiger partial charge in [0, 0.05) is 5.56 Å². The van der Waals surface area contributed by atoms with Gasteiger partial charge < -0.3 is 14.2 Å². The van der Waals surface area contributed by atoms with Crippen LogP contribution in [0.2, 0.25) is 0 Å². The fourth-order valence-electron chi connectivity index (χ4n) is 1.86. The van der Waals surface area contributed by atoms with E-state index >= 15 is 0 Å². The molecule has 19 heavy (non-hydrogen) atoms. The monoisotopic (exact) mass is 268 g/mol. The maximum Gasteiger partial charge on any atom is 0.165 e. The topological polar surface area (TPSA) is 44.8 Å². The van der Waals surface area contributed by atoms with Crippen LogP contribution in [0, 0.1) is 5.82 Å². The van der Waals surface area contributed by atoms with Gasteiger partial charge in [-0.1, -0.05) is 0 Å². The zero-order valence-electron chi connectivity index (χ0n) is 11.2. The summed E-state index contributed by atoms with van der Waals surface area (Å²) in [6.45, 7) is 5.63. The van der Waals surface area contributed by atoms with Crippen molar-refractivity contribution in [2.24, 2.45) is 0 Å². The van der Waals surface area contributed by atoms with Crippen molar-refractivity contribution < 1.29 is 23.4 Å². The summed E-state index contributed by atoms with van der Waals surface area (Å²) in [6.07, 6.45) is -0.240. The summed E-state index contributed by atoms with van der Waals surface area (Å²) in [7, 11) is 0. The predicted molar refractivity (Wildman–Crippen MR) is 66.8 cm³/mol. The van der Waals surface area contributed by atoms with E-state index in [4.69, 9.17) is 14.2 Å². The Balaban J connectivity index is 2.00. The van der Waals surface area contributed by atoms with E-state index in [1.165, 1.54) is 25.1 Å². The Labute approximate surface area is 111 Å². The summed E-state index contributed by atoms with van der Waals surface area (Å²) < 4.78 is 29.9. The molecule has 0 aliphatic carbocycles. The molecule has 1 aliphatic heterocycles. The minimum Gasteiger partial charge on any atom is -0.488 e. The molecule has 4 nitrogen and oxygen atoms in total. The average molecular weight is 268 g/mol. The molecule has 0 saturated carbocycles. The van der Waals surface area contributed by atoms with Gasteiger partial charge in [0.15, 0.2) is 23.1 Å². The number of rotatable bonds is 4. The molecule has 1 saturated heterocycles. The molecule has 0 spiro atoms. The van der Waals surface area contributed by atoms with Crippen LogP contribution in [0.15, 0.2) is 18.2 Å². The second-order valence-corrected chi connectivity index (χ2v) is 4.96. The average Bonchev–Trinajstić information content (AvgIpc) is 2.67. The number of carbonyl (C=O) groups is 1. The first-order valence-corrected chi connectivity index (χ1v) is 6.12. The summed E-state index contributed by atoms with van der Waals surface area (Å²) in [4.78, 5) is 11.2. The van der Waals surface area contributed by atoms with Gasteiger partial charge in [-0.2, -0.15) is 0 Å². The van der Waals surface area contributed by atoms with Crippen LogP contribution >= 0.6 is 0 Å². The Morgan fingerprint density at radius 2 is 2.26 bits per heavy atom. The second-order valence-electron chi connectivity index (χ2n) is 4.96. The second kappa shape index (κ2) is 5.27. The Morgan fingerprint density at radius 3 is 2.84 bits per heavy atom. The number of carbonyl (C=O) groups excluding carboxylic acids is 1. The van der Waals surface area contributed by atoms with Crippen LogP contribution in [-0.2, 0) is 9.47 Å². The highest BCUT2D eigenvalue weighted by Gasteiger charge is 2.33. The van der Waals surface area contributed by atoms with E-state index in [2.05, 4.69) is 0 Å². The molecule has 1 fully saturated rings. The molecule has 1 aromatic carbocycles. The maximum absolute atomic E-state index is 13.6. The van der Waals surface area contributed by atoms with E-state index in [1.54, 1.807) is 0 Å².